The second-order valence-corrected chi connectivity index (χ2v) is 5.65. The molecule has 25 heavy (non-hydrogen) atoms. The molecular weight excluding hydrogens is 384 g/mol. The molecule has 0 aromatic heterocycles. The highest BCUT2D eigenvalue weighted by Gasteiger charge is 2.17. The average molecular weight is 397 g/mol. The first kappa shape index (κ1) is 18.3. The standard InChI is InChI=1S/C19H13BrN2O3/c1-2-24-17-10-13(8-14(11-21)12-22)9-16(20)18(17)25-19(23)15-6-4-3-5-7-15/h3-10H,2H2,1H3. The summed E-state index contributed by atoms with van der Waals surface area (Å²) >= 11 is 3.35. The summed E-state index contributed by atoms with van der Waals surface area (Å²) in [5.41, 5.74) is 0.952. The molecule has 2 aromatic carbocycles. The maximum Gasteiger partial charge on any atom is 0.343 e. The molecule has 0 bridgehead atoms. The number of halogens is 1. The minimum Gasteiger partial charge on any atom is -0.490 e. The van der Waals surface area contributed by atoms with Crippen molar-refractivity contribution in [2.24, 2.45) is 0 Å². The summed E-state index contributed by atoms with van der Waals surface area (Å²) < 4.78 is 11.5. The van der Waals surface area contributed by atoms with Crippen LogP contribution in [0.5, 0.6) is 11.5 Å². The van der Waals surface area contributed by atoms with E-state index in [1.165, 1.54) is 6.08 Å². The minimum atomic E-state index is -0.514. The van der Waals surface area contributed by atoms with E-state index in [1.54, 1.807) is 61.5 Å². The van der Waals surface area contributed by atoms with Gasteiger partial charge in [0.15, 0.2) is 11.5 Å². The van der Waals surface area contributed by atoms with Crippen molar-refractivity contribution in [2.75, 3.05) is 6.61 Å². The smallest absolute Gasteiger partial charge is 0.343 e. The van der Waals surface area contributed by atoms with Crippen molar-refractivity contribution < 1.29 is 14.3 Å². The molecular formula is C19H13BrN2O3. The van der Waals surface area contributed by atoms with Crippen molar-refractivity contribution in [3.05, 3.63) is 63.6 Å². The fourth-order valence-corrected chi connectivity index (χ4v) is 2.56. The van der Waals surface area contributed by atoms with E-state index in [1.807, 2.05) is 0 Å². The normalized spacial score (nSPS) is 9.44. The Morgan fingerprint density at radius 3 is 2.48 bits per heavy atom. The van der Waals surface area contributed by atoms with Gasteiger partial charge in [-0.3, -0.25) is 0 Å². The topological polar surface area (TPSA) is 83.1 Å². The molecule has 0 saturated heterocycles. The molecule has 0 aliphatic heterocycles. The Labute approximate surface area is 153 Å². The zero-order valence-electron chi connectivity index (χ0n) is 13.3. The summed E-state index contributed by atoms with van der Waals surface area (Å²) in [5, 5.41) is 17.8. The predicted octanol–water partition coefficient (Wildman–Crippen LogP) is 4.50. The van der Waals surface area contributed by atoms with Gasteiger partial charge in [-0.25, -0.2) is 4.79 Å². The van der Waals surface area contributed by atoms with Gasteiger partial charge in [0.05, 0.1) is 16.6 Å². The number of nitrogens with zero attached hydrogens (tertiary/aromatic N) is 2. The maximum atomic E-state index is 12.3. The summed E-state index contributed by atoms with van der Waals surface area (Å²) in [5.74, 6) is 0.0613. The van der Waals surface area contributed by atoms with E-state index in [0.29, 0.717) is 28.0 Å². The Bertz CT molecular complexity index is 877. The molecule has 0 aliphatic rings. The van der Waals surface area contributed by atoms with Crippen LogP contribution in [0, 0.1) is 22.7 Å². The van der Waals surface area contributed by atoms with Crippen LogP contribution in [-0.4, -0.2) is 12.6 Å². The molecule has 0 fully saturated rings. The lowest BCUT2D eigenvalue weighted by atomic mass is 10.1. The van der Waals surface area contributed by atoms with Gasteiger partial charge in [0.2, 0.25) is 0 Å². The van der Waals surface area contributed by atoms with Crippen molar-refractivity contribution >= 4 is 28.0 Å². The monoisotopic (exact) mass is 396 g/mol. The molecule has 0 saturated carbocycles. The summed E-state index contributed by atoms with van der Waals surface area (Å²) in [6.45, 7) is 2.16. The first-order valence-electron chi connectivity index (χ1n) is 7.34. The second-order valence-electron chi connectivity index (χ2n) is 4.80. The van der Waals surface area contributed by atoms with E-state index in [0.717, 1.165) is 0 Å². The third kappa shape index (κ3) is 4.69. The van der Waals surface area contributed by atoms with Crippen LogP contribution >= 0.6 is 15.9 Å². The van der Waals surface area contributed by atoms with Crippen LogP contribution in [0.2, 0.25) is 0 Å². The number of allylic oxidation sites excluding steroid dienone is 1. The number of benzene rings is 2. The van der Waals surface area contributed by atoms with Crippen LogP contribution in [0.1, 0.15) is 22.8 Å². The maximum absolute atomic E-state index is 12.3. The molecule has 2 rings (SSSR count). The summed E-state index contributed by atoms with van der Waals surface area (Å²) in [6, 6.07) is 15.4. The summed E-state index contributed by atoms with van der Waals surface area (Å²) in [7, 11) is 0. The Kier molecular flexibility index (Phi) is 6.33. The van der Waals surface area contributed by atoms with Crippen LogP contribution in [0.3, 0.4) is 0 Å². The Hall–Kier alpha value is -3.09. The number of hydrogen-bond acceptors (Lipinski definition) is 5. The van der Waals surface area contributed by atoms with E-state index < -0.39 is 5.97 Å². The predicted molar refractivity (Wildman–Crippen MR) is 95.9 cm³/mol. The van der Waals surface area contributed by atoms with Gasteiger partial charge in [-0.05, 0) is 58.8 Å². The van der Waals surface area contributed by atoms with Crippen molar-refractivity contribution in [1.82, 2.24) is 0 Å². The van der Waals surface area contributed by atoms with Crippen molar-refractivity contribution in [3.8, 4) is 23.6 Å². The Morgan fingerprint density at radius 1 is 1.20 bits per heavy atom. The lowest BCUT2D eigenvalue weighted by Crippen LogP contribution is -2.10. The van der Waals surface area contributed by atoms with E-state index in [-0.39, 0.29) is 11.3 Å². The Morgan fingerprint density at radius 2 is 1.88 bits per heavy atom. The molecule has 0 aliphatic carbocycles. The van der Waals surface area contributed by atoms with Crippen LogP contribution in [0.4, 0.5) is 0 Å². The van der Waals surface area contributed by atoms with Gasteiger partial charge >= 0.3 is 5.97 Å². The van der Waals surface area contributed by atoms with Crippen molar-refractivity contribution in [3.63, 3.8) is 0 Å². The number of carbonyl (C=O) groups excluding carboxylic acids is 1. The fraction of sp³-hybridized carbons (Fsp3) is 0.105. The van der Waals surface area contributed by atoms with E-state index in [9.17, 15) is 4.79 Å². The van der Waals surface area contributed by atoms with Gasteiger partial charge in [0, 0.05) is 0 Å². The molecule has 124 valence electrons. The first-order chi connectivity index (χ1) is 12.1. The number of ether oxygens (including phenoxy) is 2. The van der Waals surface area contributed by atoms with Crippen LogP contribution in [-0.2, 0) is 0 Å². The zero-order chi connectivity index (χ0) is 18.2. The largest absolute Gasteiger partial charge is 0.490 e. The molecule has 0 radical (unpaired) electrons. The van der Waals surface area contributed by atoms with E-state index >= 15 is 0 Å². The molecule has 0 atom stereocenters. The first-order valence-corrected chi connectivity index (χ1v) is 8.13. The number of esters is 1. The highest BCUT2D eigenvalue weighted by Crippen LogP contribution is 2.38. The van der Waals surface area contributed by atoms with Crippen LogP contribution in [0.15, 0.2) is 52.5 Å². The third-order valence-corrected chi connectivity index (χ3v) is 3.68. The van der Waals surface area contributed by atoms with Crippen molar-refractivity contribution in [1.29, 1.82) is 10.5 Å². The lowest BCUT2D eigenvalue weighted by molar-refractivity contribution is 0.0727. The fourth-order valence-electron chi connectivity index (χ4n) is 2.02. The average Bonchev–Trinajstić information content (AvgIpc) is 2.63. The van der Waals surface area contributed by atoms with Gasteiger partial charge in [0.25, 0.3) is 0 Å². The van der Waals surface area contributed by atoms with Crippen LogP contribution in [0.25, 0.3) is 6.08 Å². The molecule has 6 heteroatoms. The summed E-state index contributed by atoms with van der Waals surface area (Å²) in [6.07, 6.45) is 1.43. The minimum absolute atomic E-state index is 0.0385. The molecule has 2 aromatic rings. The van der Waals surface area contributed by atoms with E-state index in [2.05, 4.69) is 15.9 Å². The molecule has 5 nitrogen and oxygen atoms in total. The Balaban J connectivity index is 2.41. The third-order valence-electron chi connectivity index (χ3n) is 3.09. The highest BCUT2D eigenvalue weighted by atomic mass is 79.9. The zero-order valence-corrected chi connectivity index (χ0v) is 14.9. The molecule has 0 unspecified atom stereocenters. The molecule has 0 amide bonds. The van der Waals surface area contributed by atoms with Crippen molar-refractivity contribution in [2.45, 2.75) is 6.92 Å². The van der Waals surface area contributed by atoms with Gasteiger partial charge in [-0.2, -0.15) is 10.5 Å². The number of carbonyl (C=O) groups is 1. The number of rotatable bonds is 5. The van der Waals surface area contributed by atoms with Crippen LogP contribution < -0.4 is 9.47 Å². The van der Waals surface area contributed by atoms with Gasteiger partial charge < -0.3 is 9.47 Å². The lowest BCUT2D eigenvalue weighted by Gasteiger charge is -2.13. The molecule has 0 N–H and O–H groups in total. The molecule has 0 heterocycles. The van der Waals surface area contributed by atoms with Gasteiger partial charge in [-0.15, -0.1) is 0 Å². The molecule has 0 spiro atoms. The number of nitriles is 2. The summed E-state index contributed by atoms with van der Waals surface area (Å²) in [4.78, 5) is 12.3. The highest BCUT2D eigenvalue weighted by molar-refractivity contribution is 9.10. The number of hydrogen-bond donors (Lipinski definition) is 0. The van der Waals surface area contributed by atoms with Gasteiger partial charge in [0.1, 0.15) is 17.7 Å². The van der Waals surface area contributed by atoms with E-state index in [4.69, 9.17) is 20.0 Å². The SMILES string of the molecule is CCOc1cc(C=C(C#N)C#N)cc(Br)c1OC(=O)c1ccccc1. The van der Waals surface area contributed by atoms with Gasteiger partial charge in [-0.1, -0.05) is 18.2 Å². The second kappa shape index (κ2) is 8.68. The quantitative estimate of drug-likeness (QED) is 0.422.